The lowest BCUT2D eigenvalue weighted by Crippen LogP contribution is -2.36. The highest BCUT2D eigenvalue weighted by molar-refractivity contribution is 5.93. The van der Waals surface area contributed by atoms with E-state index in [9.17, 15) is 9.59 Å². The van der Waals surface area contributed by atoms with Crippen molar-refractivity contribution >= 4 is 11.8 Å². The van der Waals surface area contributed by atoms with Crippen LogP contribution in [0.25, 0.3) is 0 Å². The van der Waals surface area contributed by atoms with E-state index in [4.69, 9.17) is 5.21 Å². The third-order valence-electron chi connectivity index (χ3n) is 3.61. The number of rotatable bonds is 4. The topological polar surface area (TPSA) is 78.4 Å². The molecule has 0 saturated heterocycles. The van der Waals surface area contributed by atoms with Gasteiger partial charge in [0, 0.05) is 11.5 Å². The lowest BCUT2D eigenvalue weighted by atomic mass is 9.84. The van der Waals surface area contributed by atoms with Crippen molar-refractivity contribution in [3.63, 3.8) is 0 Å². The van der Waals surface area contributed by atoms with Crippen molar-refractivity contribution in [3.05, 3.63) is 35.4 Å². The van der Waals surface area contributed by atoms with E-state index in [1.54, 1.807) is 29.7 Å². The Balaban J connectivity index is 1.96. The third kappa shape index (κ3) is 3.12. The SMILES string of the molecule is CC(NC(=O)C1CCC1)c1ccc(C(=O)NO)cc1. The summed E-state index contributed by atoms with van der Waals surface area (Å²) in [5.74, 6) is -0.268. The third-order valence-corrected chi connectivity index (χ3v) is 3.61. The van der Waals surface area contributed by atoms with Crippen molar-refractivity contribution < 1.29 is 14.8 Å². The Morgan fingerprint density at radius 2 is 1.89 bits per heavy atom. The molecule has 0 radical (unpaired) electrons. The number of carbonyl (C=O) groups is 2. The Bertz CT molecular complexity index is 466. The van der Waals surface area contributed by atoms with Gasteiger partial charge in [-0.3, -0.25) is 14.8 Å². The molecule has 1 aromatic carbocycles. The average Bonchev–Trinajstić information content (AvgIpc) is 2.35. The largest absolute Gasteiger partial charge is 0.349 e. The molecule has 1 aliphatic rings. The van der Waals surface area contributed by atoms with Crippen LogP contribution < -0.4 is 10.8 Å². The van der Waals surface area contributed by atoms with Crippen molar-refractivity contribution in [1.82, 2.24) is 10.8 Å². The predicted octanol–water partition coefficient (Wildman–Crippen LogP) is 1.78. The summed E-state index contributed by atoms with van der Waals surface area (Å²) >= 11 is 0. The van der Waals surface area contributed by atoms with E-state index in [1.807, 2.05) is 6.92 Å². The molecule has 1 aromatic rings. The van der Waals surface area contributed by atoms with E-state index in [0.717, 1.165) is 24.8 Å². The number of nitrogens with one attached hydrogen (secondary N) is 2. The summed E-state index contributed by atoms with van der Waals surface area (Å²) < 4.78 is 0. The van der Waals surface area contributed by atoms with Crippen molar-refractivity contribution in [2.75, 3.05) is 0 Å². The Kier molecular flexibility index (Phi) is 4.16. The monoisotopic (exact) mass is 262 g/mol. The maximum absolute atomic E-state index is 11.8. The lowest BCUT2D eigenvalue weighted by Gasteiger charge is -2.26. The molecule has 2 rings (SSSR count). The van der Waals surface area contributed by atoms with Crippen molar-refractivity contribution in [1.29, 1.82) is 0 Å². The Morgan fingerprint density at radius 3 is 2.37 bits per heavy atom. The van der Waals surface area contributed by atoms with E-state index in [2.05, 4.69) is 5.32 Å². The molecule has 0 bridgehead atoms. The first-order chi connectivity index (χ1) is 9.11. The molecule has 1 saturated carbocycles. The van der Waals surface area contributed by atoms with E-state index in [0.29, 0.717) is 5.56 Å². The standard InChI is InChI=1S/C14H18N2O3/c1-9(15-13(17)11-3-2-4-11)10-5-7-12(8-6-10)14(18)16-19/h5-9,11,19H,2-4H2,1H3,(H,15,17)(H,16,18). The van der Waals surface area contributed by atoms with Gasteiger partial charge in [0.1, 0.15) is 0 Å². The second kappa shape index (κ2) is 5.84. The van der Waals surface area contributed by atoms with Gasteiger partial charge >= 0.3 is 0 Å². The molecule has 1 fully saturated rings. The molecule has 3 N–H and O–H groups in total. The van der Waals surface area contributed by atoms with Gasteiger partial charge in [0.05, 0.1) is 6.04 Å². The highest BCUT2D eigenvalue weighted by atomic mass is 16.5. The number of hydroxylamine groups is 1. The maximum atomic E-state index is 11.8. The first kappa shape index (κ1) is 13.5. The van der Waals surface area contributed by atoms with Crippen LogP contribution in [0, 0.1) is 5.92 Å². The molecule has 0 spiro atoms. The second-order valence-electron chi connectivity index (χ2n) is 4.92. The molecular weight excluding hydrogens is 244 g/mol. The van der Waals surface area contributed by atoms with Crippen LogP contribution in [-0.4, -0.2) is 17.0 Å². The molecule has 5 heteroatoms. The lowest BCUT2D eigenvalue weighted by molar-refractivity contribution is -0.128. The highest BCUT2D eigenvalue weighted by Crippen LogP contribution is 2.27. The molecule has 1 atom stereocenters. The van der Waals surface area contributed by atoms with E-state index in [1.165, 1.54) is 0 Å². The zero-order chi connectivity index (χ0) is 13.8. The first-order valence-corrected chi connectivity index (χ1v) is 6.46. The number of benzene rings is 1. The average molecular weight is 262 g/mol. The molecule has 19 heavy (non-hydrogen) atoms. The molecular formula is C14H18N2O3. The Labute approximate surface area is 112 Å². The summed E-state index contributed by atoms with van der Waals surface area (Å²) in [6.45, 7) is 1.91. The summed E-state index contributed by atoms with van der Waals surface area (Å²) in [5, 5.41) is 11.5. The Hall–Kier alpha value is -1.88. The van der Waals surface area contributed by atoms with Crippen molar-refractivity contribution in [2.45, 2.75) is 32.2 Å². The summed E-state index contributed by atoms with van der Waals surface area (Å²) in [4.78, 5) is 23.0. The summed E-state index contributed by atoms with van der Waals surface area (Å²) in [5.41, 5.74) is 2.89. The van der Waals surface area contributed by atoms with Crippen molar-refractivity contribution in [2.24, 2.45) is 5.92 Å². The van der Waals surface area contributed by atoms with Gasteiger partial charge in [0.25, 0.3) is 5.91 Å². The fourth-order valence-electron chi connectivity index (χ4n) is 2.07. The summed E-state index contributed by atoms with van der Waals surface area (Å²) in [7, 11) is 0. The van der Waals surface area contributed by atoms with Crippen LogP contribution in [0.3, 0.4) is 0 Å². The Morgan fingerprint density at radius 1 is 1.26 bits per heavy atom. The molecule has 1 aliphatic carbocycles. The number of amides is 2. The zero-order valence-electron chi connectivity index (χ0n) is 10.8. The quantitative estimate of drug-likeness (QED) is 0.571. The molecule has 5 nitrogen and oxygen atoms in total. The van der Waals surface area contributed by atoms with Gasteiger partial charge in [-0.15, -0.1) is 0 Å². The smallest absolute Gasteiger partial charge is 0.274 e. The van der Waals surface area contributed by atoms with Gasteiger partial charge in [0.2, 0.25) is 5.91 Å². The van der Waals surface area contributed by atoms with Gasteiger partial charge in [-0.2, -0.15) is 0 Å². The minimum absolute atomic E-state index is 0.0839. The minimum Gasteiger partial charge on any atom is -0.349 e. The van der Waals surface area contributed by atoms with Crippen LogP contribution in [0.5, 0.6) is 0 Å². The van der Waals surface area contributed by atoms with Crippen LogP contribution in [0.4, 0.5) is 0 Å². The van der Waals surface area contributed by atoms with Gasteiger partial charge in [-0.1, -0.05) is 18.6 Å². The van der Waals surface area contributed by atoms with Gasteiger partial charge in [-0.25, -0.2) is 5.48 Å². The predicted molar refractivity (Wildman–Crippen MR) is 69.6 cm³/mol. The first-order valence-electron chi connectivity index (χ1n) is 6.46. The van der Waals surface area contributed by atoms with Crippen LogP contribution in [0.15, 0.2) is 24.3 Å². The maximum Gasteiger partial charge on any atom is 0.274 e. The fraction of sp³-hybridized carbons (Fsp3) is 0.429. The van der Waals surface area contributed by atoms with E-state index in [-0.39, 0.29) is 17.9 Å². The van der Waals surface area contributed by atoms with Crippen LogP contribution in [-0.2, 0) is 4.79 Å². The van der Waals surface area contributed by atoms with Crippen LogP contribution in [0.1, 0.15) is 48.1 Å². The molecule has 0 aliphatic heterocycles. The summed E-state index contributed by atoms with van der Waals surface area (Å²) in [6, 6.07) is 6.70. The van der Waals surface area contributed by atoms with Crippen LogP contribution >= 0.6 is 0 Å². The number of hydrogen-bond donors (Lipinski definition) is 3. The van der Waals surface area contributed by atoms with Gasteiger partial charge in [-0.05, 0) is 37.5 Å². The van der Waals surface area contributed by atoms with Crippen molar-refractivity contribution in [3.8, 4) is 0 Å². The molecule has 0 aromatic heterocycles. The van der Waals surface area contributed by atoms with Gasteiger partial charge in [0.15, 0.2) is 0 Å². The van der Waals surface area contributed by atoms with Crippen LogP contribution in [0.2, 0.25) is 0 Å². The second-order valence-corrected chi connectivity index (χ2v) is 4.92. The molecule has 1 unspecified atom stereocenters. The highest BCUT2D eigenvalue weighted by Gasteiger charge is 2.26. The molecule has 102 valence electrons. The minimum atomic E-state index is -0.544. The van der Waals surface area contributed by atoms with E-state index < -0.39 is 5.91 Å². The molecule has 0 heterocycles. The summed E-state index contributed by atoms with van der Waals surface area (Å²) in [6.07, 6.45) is 3.10. The van der Waals surface area contributed by atoms with Gasteiger partial charge < -0.3 is 5.32 Å². The number of hydrogen-bond acceptors (Lipinski definition) is 3. The fourth-order valence-corrected chi connectivity index (χ4v) is 2.07. The number of carbonyl (C=O) groups excluding carboxylic acids is 2. The molecule has 2 amide bonds. The van der Waals surface area contributed by atoms with E-state index >= 15 is 0 Å². The zero-order valence-corrected chi connectivity index (χ0v) is 10.8. The normalized spacial score (nSPS) is 16.3.